The third-order valence-corrected chi connectivity index (χ3v) is 3.79. The Morgan fingerprint density at radius 2 is 2.26 bits per heavy atom. The van der Waals surface area contributed by atoms with E-state index in [1.807, 2.05) is 0 Å². The quantitative estimate of drug-likeness (QED) is 0.878. The highest BCUT2D eigenvalue weighted by molar-refractivity contribution is 5.95. The first-order valence-corrected chi connectivity index (χ1v) is 6.80. The molecule has 5 heteroatoms. The van der Waals surface area contributed by atoms with Crippen LogP contribution in [0.3, 0.4) is 0 Å². The Morgan fingerprint density at radius 1 is 1.53 bits per heavy atom. The van der Waals surface area contributed by atoms with Gasteiger partial charge in [-0.25, -0.2) is 4.39 Å². The molecule has 1 aliphatic rings. The number of piperidine rings is 1. The summed E-state index contributed by atoms with van der Waals surface area (Å²) in [4.78, 5) is 16.2. The van der Waals surface area contributed by atoms with E-state index in [-0.39, 0.29) is 17.0 Å². The van der Waals surface area contributed by atoms with Gasteiger partial charge < -0.3 is 10.6 Å². The van der Waals surface area contributed by atoms with Crippen molar-refractivity contribution in [2.45, 2.75) is 32.6 Å². The predicted octanol–water partition coefficient (Wildman–Crippen LogP) is 2.33. The van der Waals surface area contributed by atoms with Crippen molar-refractivity contribution in [2.24, 2.45) is 5.41 Å². The van der Waals surface area contributed by atoms with Crippen molar-refractivity contribution >= 4 is 11.6 Å². The highest BCUT2D eigenvalue weighted by atomic mass is 19.1. The van der Waals surface area contributed by atoms with Gasteiger partial charge in [0.2, 0.25) is 5.91 Å². The average molecular weight is 265 g/mol. The molecule has 1 aliphatic heterocycles. The van der Waals surface area contributed by atoms with Crippen molar-refractivity contribution in [3.8, 4) is 0 Å². The molecule has 2 N–H and O–H groups in total. The van der Waals surface area contributed by atoms with Gasteiger partial charge in [0.05, 0.1) is 17.3 Å². The molecular formula is C14H20FN3O. The minimum atomic E-state index is -0.489. The molecule has 1 aromatic rings. The topological polar surface area (TPSA) is 54.0 Å². The van der Waals surface area contributed by atoms with Gasteiger partial charge in [-0.2, -0.15) is 0 Å². The fourth-order valence-corrected chi connectivity index (χ4v) is 2.71. The Bertz CT molecular complexity index is 439. The Labute approximate surface area is 112 Å². The lowest BCUT2D eigenvalue weighted by atomic mass is 9.74. The summed E-state index contributed by atoms with van der Waals surface area (Å²) in [5.74, 6) is -0.558. The van der Waals surface area contributed by atoms with Crippen molar-refractivity contribution in [2.75, 3.05) is 18.4 Å². The fourth-order valence-electron chi connectivity index (χ4n) is 2.71. The molecule has 2 rings (SSSR count). The van der Waals surface area contributed by atoms with Gasteiger partial charge in [0.25, 0.3) is 0 Å². The van der Waals surface area contributed by atoms with E-state index in [1.165, 1.54) is 12.3 Å². The highest BCUT2D eigenvalue weighted by Gasteiger charge is 2.38. The number of aromatic nitrogens is 1. The van der Waals surface area contributed by atoms with Gasteiger partial charge in [0, 0.05) is 6.20 Å². The Kier molecular flexibility index (Phi) is 4.47. The van der Waals surface area contributed by atoms with E-state index in [2.05, 4.69) is 22.5 Å². The van der Waals surface area contributed by atoms with Crippen LogP contribution in [-0.2, 0) is 4.79 Å². The number of nitrogens with one attached hydrogen (secondary N) is 2. The van der Waals surface area contributed by atoms with Crippen LogP contribution in [0.4, 0.5) is 10.1 Å². The van der Waals surface area contributed by atoms with Gasteiger partial charge in [0.1, 0.15) is 0 Å². The van der Waals surface area contributed by atoms with E-state index < -0.39 is 5.82 Å². The van der Waals surface area contributed by atoms with Gasteiger partial charge in [-0.05, 0) is 38.4 Å². The molecule has 1 aromatic heterocycles. The molecule has 1 fully saturated rings. The lowest BCUT2D eigenvalue weighted by molar-refractivity contribution is -0.127. The van der Waals surface area contributed by atoms with Crippen molar-refractivity contribution in [1.82, 2.24) is 10.3 Å². The number of anilines is 1. The molecule has 4 nitrogen and oxygen atoms in total. The third kappa shape index (κ3) is 3.10. The van der Waals surface area contributed by atoms with E-state index in [0.717, 1.165) is 45.0 Å². The summed E-state index contributed by atoms with van der Waals surface area (Å²) >= 11 is 0. The SMILES string of the molecule is CCCC1(C(=O)Nc2ccncc2F)CCNCC1. The number of carbonyl (C=O) groups excluding carboxylic acids is 1. The van der Waals surface area contributed by atoms with Gasteiger partial charge in [-0.15, -0.1) is 0 Å². The monoisotopic (exact) mass is 265 g/mol. The van der Waals surface area contributed by atoms with Gasteiger partial charge >= 0.3 is 0 Å². The van der Waals surface area contributed by atoms with Gasteiger partial charge in [0.15, 0.2) is 5.82 Å². The summed E-state index contributed by atoms with van der Waals surface area (Å²) in [5, 5.41) is 5.99. The minimum Gasteiger partial charge on any atom is -0.323 e. The average Bonchev–Trinajstić information content (AvgIpc) is 2.42. The second-order valence-electron chi connectivity index (χ2n) is 5.09. The standard InChI is InChI=1S/C14H20FN3O/c1-2-4-14(5-8-16-9-6-14)13(19)18-12-3-7-17-10-11(12)15/h3,7,10,16H,2,4-6,8-9H2,1H3,(H,17,18,19). The molecule has 0 atom stereocenters. The number of carbonyl (C=O) groups is 1. The molecule has 0 aromatic carbocycles. The Hall–Kier alpha value is -1.49. The molecule has 0 aliphatic carbocycles. The van der Waals surface area contributed by atoms with E-state index >= 15 is 0 Å². The first-order valence-electron chi connectivity index (χ1n) is 6.80. The van der Waals surface area contributed by atoms with E-state index in [4.69, 9.17) is 0 Å². The zero-order chi connectivity index (χ0) is 13.7. The molecule has 0 saturated carbocycles. The van der Waals surface area contributed by atoms with Crippen molar-refractivity contribution in [3.05, 3.63) is 24.3 Å². The lowest BCUT2D eigenvalue weighted by Crippen LogP contribution is -2.45. The highest BCUT2D eigenvalue weighted by Crippen LogP contribution is 2.35. The lowest BCUT2D eigenvalue weighted by Gasteiger charge is -2.36. The first-order chi connectivity index (χ1) is 9.18. The van der Waals surface area contributed by atoms with Crippen molar-refractivity contribution in [1.29, 1.82) is 0 Å². The number of halogens is 1. The maximum Gasteiger partial charge on any atom is 0.230 e. The number of pyridine rings is 1. The van der Waals surface area contributed by atoms with E-state index in [0.29, 0.717) is 0 Å². The van der Waals surface area contributed by atoms with Crippen LogP contribution in [0.25, 0.3) is 0 Å². The molecule has 0 bridgehead atoms. The van der Waals surface area contributed by atoms with Crippen LogP contribution in [0.15, 0.2) is 18.5 Å². The summed E-state index contributed by atoms with van der Waals surface area (Å²) in [5.41, 5.74) is -0.149. The predicted molar refractivity (Wildman–Crippen MR) is 72.3 cm³/mol. The Balaban J connectivity index is 2.14. The summed E-state index contributed by atoms with van der Waals surface area (Å²) in [7, 11) is 0. The number of hydrogen-bond acceptors (Lipinski definition) is 3. The zero-order valence-corrected chi connectivity index (χ0v) is 11.2. The Morgan fingerprint density at radius 3 is 2.89 bits per heavy atom. The second-order valence-corrected chi connectivity index (χ2v) is 5.09. The van der Waals surface area contributed by atoms with Gasteiger partial charge in [-0.1, -0.05) is 13.3 Å². The number of hydrogen-bond donors (Lipinski definition) is 2. The summed E-state index contributed by atoms with van der Waals surface area (Å²) < 4.78 is 13.5. The van der Waals surface area contributed by atoms with Crippen LogP contribution in [-0.4, -0.2) is 24.0 Å². The van der Waals surface area contributed by atoms with Crippen molar-refractivity contribution in [3.63, 3.8) is 0 Å². The number of rotatable bonds is 4. The van der Waals surface area contributed by atoms with Crippen LogP contribution >= 0.6 is 0 Å². The maximum atomic E-state index is 13.5. The molecule has 19 heavy (non-hydrogen) atoms. The summed E-state index contributed by atoms with van der Waals surface area (Å²) in [6.45, 7) is 3.75. The third-order valence-electron chi connectivity index (χ3n) is 3.79. The molecule has 0 spiro atoms. The molecule has 1 saturated heterocycles. The normalized spacial score (nSPS) is 18.0. The molecule has 0 radical (unpaired) electrons. The van der Waals surface area contributed by atoms with Crippen LogP contribution < -0.4 is 10.6 Å². The molecular weight excluding hydrogens is 245 g/mol. The van der Waals surface area contributed by atoms with Gasteiger partial charge in [-0.3, -0.25) is 9.78 Å². The van der Waals surface area contributed by atoms with Crippen LogP contribution in [0.5, 0.6) is 0 Å². The van der Waals surface area contributed by atoms with E-state index in [1.54, 1.807) is 0 Å². The molecule has 104 valence electrons. The fraction of sp³-hybridized carbons (Fsp3) is 0.571. The number of amides is 1. The molecule has 0 unspecified atom stereocenters. The summed E-state index contributed by atoms with van der Waals surface area (Å²) in [6, 6.07) is 1.49. The van der Waals surface area contributed by atoms with Crippen LogP contribution in [0.2, 0.25) is 0 Å². The van der Waals surface area contributed by atoms with Crippen molar-refractivity contribution < 1.29 is 9.18 Å². The van der Waals surface area contributed by atoms with E-state index in [9.17, 15) is 9.18 Å². The first kappa shape index (κ1) is 13.9. The maximum absolute atomic E-state index is 13.5. The smallest absolute Gasteiger partial charge is 0.230 e. The largest absolute Gasteiger partial charge is 0.323 e. The van der Waals surface area contributed by atoms with Crippen LogP contribution in [0.1, 0.15) is 32.6 Å². The molecule has 2 heterocycles. The second kappa shape index (κ2) is 6.10. The zero-order valence-electron chi connectivity index (χ0n) is 11.2. The number of nitrogens with zero attached hydrogens (tertiary/aromatic N) is 1. The van der Waals surface area contributed by atoms with Crippen LogP contribution in [0, 0.1) is 11.2 Å². The minimum absolute atomic E-state index is 0.0686. The summed E-state index contributed by atoms with van der Waals surface area (Å²) in [6.07, 6.45) is 6.00. The molecule has 1 amide bonds.